The van der Waals surface area contributed by atoms with Gasteiger partial charge in [-0.3, -0.25) is 20.0 Å². The van der Waals surface area contributed by atoms with Crippen molar-refractivity contribution in [1.82, 2.24) is 0 Å². The number of carbonyl (C=O) groups excluding carboxylic acids is 2. The Bertz CT molecular complexity index is 1670. The molecule has 0 spiro atoms. The maximum Gasteiger partial charge on any atom is 2.00 e. The van der Waals surface area contributed by atoms with Gasteiger partial charge in [0.1, 0.15) is 0 Å². The summed E-state index contributed by atoms with van der Waals surface area (Å²) >= 11 is 23.3. The van der Waals surface area contributed by atoms with E-state index in [9.17, 15) is 20.4 Å². The van der Waals surface area contributed by atoms with Crippen molar-refractivity contribution in [2.75, 3.05) is 26.2 Å². The molecule has 0 aliphatic rings. The molecule has 3 radical (unpaired) electrons. The summed E-state index contributed by atoms with van der Waals surface area (Å²) in [6.45, 7) is 4.07. The fourth-order valence-electron chi connectivity index (χ4n) is 3.64. The SMILES string of the molecule is CC(=O)[O-].CC(=O)[O-].[Co+2].[Co+2].[Co+2].[O-]c1ccc(Cl)cc1C=NCCCN=Cc1cc(Cl)ccc1[O-].[O-]c1ccc(Cl)cc1C=NCCCN=Cc1cc(Cl)ccc1[O-]. The zero-order valence-corrected chi connectivity index (χ0v) is 36.2. The van der Waals surface area contributed by atoms with Crippen molar-refractivity contribution in [2.24, 2.45) is 20.0 Å². The Morgan fingerprint density at radius 2 is 0.632 bits per heavy atom. The Hall–Kier alpha value is -3.62. The van der Waals surface area contributed by atoms with Crippen LogP contribution in [0.15, 0.2) is 92.8 Å². The number of benzene rings is 4. The number of hydrogen-bond donors (Lipinski definition) is 0. The molecule has 0 aromatic heterocycles. The van der Waals surface area contributed by atoms with Gasteiger partial charge in [0.2, 0.25) is 0 Å². The molecule has 4 aromatic carbocycles. The summed E-state index contributed by atoms with van der Waals surface area (Å²) in [6.07, 6.45) is 7.48. The van der Waals surface area contributed by atoms with Crippen LogP contribution in [0.3, 0.4) is 0 Å². The fraction of sp³-hybridized carbons (Fsp3) is 0.211. The Morgan fingerprint density at radius 3 is 0.807 bits per heavy atom. The van der Waals surface area contributed by atoms with Crippen LogP contribution in [0.4, 0.5) is 0 Å². The second kappa shape index (κ2) is 33.4. The Morgan fingerprint density at radius 1 is 0.456 bits per heavy atom. The van der Waals surface area contributed by atoms with E-state index in [1.54, 1.807) is 48.5 Å². The van der Waals surface area contributed by atoms with E-state index in [1.165, 1.54) is 49.1 Å². The summed E-state index contributed by atoms with van der Waals surface area (Å²) in [7, 11) is 0. The molecule has 12 nitrogen and oxygen atoms in total. The predicted octanol–water partition coefficient (Wildman–Crippen LogP) is 3.64. The van der Waals surface area contributed by atoms with Crippen LogP contribution >= 0.6 is 46.4 Å². The van der Waals surface area contributed by atoms with Gasteiger partial charge in [0.15, 0.2) is 0 Å². The minimum Gasteiger partial charge on any atom is -0.872 e. The number of aliphatic carboxylic acids is 2. The molecule has 0 saturated carbocycles. The molecule has 309 valence electrons. The van der Waals surface area contributed by atoms with Crippen LogP contribution in [0.25, 0.3) is 0 Å². The van der Waals surface area contributed by atoms with E-state index in [0.717, 1.165) is 13.8 Å². The maximum absolute atomic E-state index is 11.5. The molecule has 57 heavy (non-hydrogen) atoms. The summed E-state index contributed by atoms with van der Waals surface area (Å²) in [4.78, 5) is 34.5. The first-order valence-electron chi connectivity index (χ1n) is 15.8. The van der Waals surface area contributed by atoms with E-state index in [0.29, 0.717) is 81.4 Å². The normalized spacial score (nSPS) is 10.2. The number of hydrogen-bond acceptors (Lipinski definition) is 12. The number of carbonyl (C=O) groups is 2. The molecule has 0 unspecified atom stereocenters. The molecule has 19 heteroatoms. The van der Waals surface area contributed by atoms with Crippen molar-refractivity contribution in [1.29, 1.82) is 0 Å². The van der Waals surface area contributed by atoms with Gasteiger partial charge < -0.3 is 40.2 Å². The van der Waals surface area contributed by atoms with Gasteiger partial charge >= 0.3 is 50.3 Å². The number of aliphatic imine (C=N–C) groups is 4. The van der Waals surface area contributed by atoms with Crippen LogP contribution in [-0.2, 0) is 59.9 Å². The Kier molecular flexibility index (Phi) is 33.8. The van der Waals surface area contributed by atoms with Gasteiger partial charge in [-0.1, -0.05) is 93.7 Å². The van der Waals surface area contributed by atoms with Crippen LogP contribution < -0.4 is 30.6 Å². The molecule has 0 saturated heterocycles. The first kappa shape index (κ1) is 57.7. The smallest absolute Gasteiger partial charge is 0.872 e. The maximum atomic E-state index is 11.5. The van der Waals surface area contributed by atoms with E-state index in [-0.39, 0.29) is 73.3 Å². The number of rotatable bonds is 12. The van der Waals surface area contributed by atoms with E-state index >= 15 is 0 Å². The third-order valence-corrected chi connectivity index (χ3v) is 6.90. The molecule has 0 N–H and O–H groups in total. The number of carboxylic acid groups (broad SMARTS) is 2. The van der Waals surface area contributed by atoms with Gasteiger partial charge in [-0.15, -0.1) is 0 Å². The predicted molar refractivity (Wildman–Crippen MR) is 204 cm³/mol. The first-order chi connectivity index (χ1) is 25.6. The van der Waals surface area contributed by atoms with E-state index in [4.69, 9.17) is 66.2 Å². The number of carboxylic acids is 2. The van der Waals surface area contributed by atoms with Crippen LogP contribution in [0.1, 0.15) is 48.9 Å². The molecular formula is C38H34Cl4Co3N4O8. The van der Waals surface area contributed by atoms with E-state index in [1.807, 2.05) is 0 Å². The average Bonchev–Trinajstić information content (AvgIpc) is 3.09. The van der Waals surface area contributed by atoms with Crippen molar-refractivity contribution in [3.05, 3.63) is 115 Å². The molecular weight excluding hydrogens is 959 g/mol. The third-order valence-electron chi connectivity index (χ3n) is 5.96. The average molecular weight is 993 g/mol. The topological polar surface area (TPSA) is 222 Å². The second-order valence-corrected chi connectivity index (χ2v) is 12.3. The van der Waals surface area contributed by atoms with Gasteiger partial charge in [-0.25, -0.2) is 0 Å². The number of nitrogens with zero attached hydrogens (tertiary/aromatic N) is 4. The van der Waals surface area contributed by atoms with Crippen molar-refractivity contribution < 1.29 is 90.6 Å². The van der Waals surface area contributed by atoms with Gasteiger partial charge in [0.25, 0.3) is 0 Å². The Labute approximate surface area is 382 Å². The first-order valence-corrected chi connectivity index (χ1v) is 17.3. The molecule has 0 heterocycles. The molecule has 0 aliphatic heterocycles. The van der Waals surface area contributed by atoms with Crippen LogP contribution in [0.5, 0.6) is 23.0 Å². The molecule has 0 bridgehead atoms. The molecule has 4 rings (SSSR count). The summed E-state index contributed by atoms with van der Waals surface area (Å²) in [5.41, 5.74) is 1.87. The van der Waals surface area contributed by atoms with Crippen molar-refractivity contribution in [3.63, 3.8) is 0 Å². The van der Waals surface area contributed by atoms with Crippen LogP contribution in [0.2, 0.25) is 20.1 Å². The second-order valence-electron chi connectivity index (χ2n) is 10.6. The zero-order chi connectivity index (χ0) is 40.5. The van der Waals surface area contributed by atoms with E-state index < -0.39 is 11.9 Å². The largest absolute Gasteiger partial charge is 2.00 e. The number of halogens is 4. The molecule has 0 amide bonds. The third kappa shape index (κ3) is 28.4. The minimum absolute atomic E-state index is 0. The zero-order valence-electron chi connectivity index (χ0n) is 30.0. The van der Waals surface area contributed by atoms with Gasteiger partial charge in [0.05, 0.1) is 0 Å². The molecule has 4 aromatic rings. The summed E-state index contributed by atoms with van der Waals surface area (Å²) < 4.78 is 0. The molecule has 0 aliphatic carbocycles. The summed E-state index contributed by atoms with van der Waals surface area (Å²) in [5.74, 6) is -2.61. The van der Waals surface area contributed by atoms with Gasteiger partial charge in [0, 0.05) is 83.1 Å². The van der Waals surface area contributed by atoms with E-state index in [2.05, 4.69) is 20.0 Å². The van der Waals surface area contributed by atoms with Crippen LogP contribution in [-0.4, -0.2) is 63.0 Å². The van der Waals surface area contributed by atoms with Gasteiger partial charge in [-0.2, -0.15) is 0 Å². The monoisotopic (exact) mass is 991 g/mol. The van der Waals surface area contributed by atoms with Crippen LogP contribution in [0, 0.1) is 0 Å². The van der Waals surface area contributed by atoms with Crippen molar-refractivity contribution >= 4 is 83.2 Å². The summed E-state index contributed by atoms with van der Waals surface area (Å²) in [5, 5.41) is 66.0. The standard InChI is InChI=1S/2C17H16Cl2N2O2.2C2H4O2.3Co/c2*18-14-2-4-16(22)12(8-14)10-20-6-1-7-21-11-13-9-15(19)3-5-17(13)23;2*1-2(3)4;;;/h2*2-5,8-11,22-23H,1,6-7H2;2*1H3,(H,3,4);;;/q;;;;3*+2/p-6. The molecule has 0 fully saturated rings. The van der Waals surface area contributed by atoms with Gasteiger partial charge in [-0.05, 0) is 97.5 Å². The Balaban J connectivity index is -0.000000823. The fourth-order valence-corrected chi connectivity index (χ4v) is 4.36. The van der Waals surface area contributed by atoms with Crippen molar-refractivity contribution in [2.45, 2.75) is 26.7 Å². The minimum atomic E-state index is -1.08. The van der Waals surface area contributed by atoms with Crippen molar-refractivity contribution in [3.8, 4) is 23.0 Å². The molecule has 0 atom stereocenters. The summed E-state index contributed by atoms with van der Waals surface area (Å²) in [6, 6.07) is 18.2. The quantitative estimate of drug-likeness (QED) is 0.150.